The van der Waals surface area contributed by atoms with Gasteiger partial charge < -0.3 is 9.46 Å². The Morgan fingerprint density at radius 3 is 2.48 bits per heavy atom. The Balaban J connectivity index is 1.84. The van der Waals surface area contributed by atoms with Crippen LogP contribution >= 0.6 is 7.14 Å². The van der Waals surface area contributed by atoms with Crippen molar-refractivity contribution in [2.75, 3.05) is 11.9 Å². The number of nitriles is 1. The van der Waals surface area contributed by atoms with Crippen LogP contribution in [0.1, 0.15) is 31.5 Å². The maximum absolute atomic E-state index is 15.4. The summed E-state index contributed by atoms with van der Waals surface area (Å²) in [4.78, 5) is 6.95. The van der Waals surface area contributed by atoms with Crippen molar-refractivity contribution in [3.63, 3.8) is 0 Å². The molecule has 3 aromatic rings. The second-order valence-corrected chi connectivity index (χ2v) is 11.7. The summed E-state index contributed by atoms with van der Waals surface area (Å²) in [7, 11) is -1.25. The number of allylic oxidation sites excluding steroid dienone is 2. The van der Waals surface area contributed by atoms with Crippen LogP contribution in [0.2, 0.25) is 0 Å². The molecule has 6 nitrogen and oxygen atoms in total. The lowest BCUT2D eigenvalue weighted by Gasteiger charge is -2.32. The molecular weight excluding hydrogens is 429 g/mol. The summed E-state index contributed by atoms with van der Waals surface area (Å²) >= 11 is 0. The van der Waals surface area contributed by atoms with Crippen LogP contribution in [-0.2, 0) is 16.5 Å². The third-order valence-electron chi connectivity index (χ3n) is 6.70. The zero-order chi connectivity index (χ0) is 23.4. The molecule has 33 heavy (non-hydrogen) atoms. The van der Waals surface area contributed by atoms with Crippen LogP contribution in [0.15, 0.2) is 70.6 Å². The average molecular weight is 456 g/mol. The predicted octanol–water partition coefficient (Wildman–Crippen LogP) is 4.77. The maximum atomic E-state index is 15.4. The predicted molar refractivity (Wildman–Crippen MR) is 134 cm³/mol. The lowest BCUT2D eigenvalue weighted by Crippen LogP contribution is -2.30. The van der Waals surface area contributed by atoms with Gasteiger partial charge in [0.05, 0.1) is 35.3 Å². The van der Waals surface area contributed by atoms with Crippen LogP contribution in [-0.4, -0.2) is 23.0 Å². The summed E-state index contributed by atoms with van der Waals surface area (Å²) in [5, 5.41) is 15.9. The number of hydrogen-bond acceptors (Lipinski definition) is 5. The minimum absolute atomic E-state index is 0.317. The number of aryl methyl sites for hydroxylation is 2. The Morgan fingerprint density at radius 1 is 1.09 bits per heavy atom. The van der Waals surface area contributed by atoms with Gasteiger partial charge in [0, 0.05) is 35.4 Å². The summed E-state index contributed by atoms with van der Waals surface area (Å²) in [5.41, 5.74) is 3.66. The first-order valence-corrected chi connectivity index (χ1v) is 12.8. The molecule has 0 aliphatic carbocycles. The molecule has 0 saturated carbocycles. The minimum Gasteiger partial charge on any atom is -0.346 e. The fourth-order valence-electron chi connectivity index (χ4n) is 5.26. The lowest BCUT2D eigenvalue weighted by atomic mass is 9.84. The van der Waals surface area contributed by atoms with E-state index in [0.29, 0.717) is 29.8 Å². The van der Waals surface area contributed by atoms with Crippen LogP contribution in [0.4, 0.5) is 11.5 Å². The first-order chi connectivity index (χ1) is 15.8. The number of fused-ring (bicyclic) bond motifs is 2. The molecular formula is C26H26N5OP. The molecule has 0 amide bonds. The second kappa shape index (κ2) is 7.57. The van der Waals surface area contributed by atoms with Crippen LogP contribution in [0.3, 0.4) is 0 Å². The molecule has 166 valence electrons. The summed E-state index contributed by atoms with van der Waals surface area (Å²) < 4.78 is 17.1. The molecule has 0 N–H and O–H groups in total. The van der Waals surface area contributed by atoms with Gasteiger partial charge in [-0.05, 0) is 18.6 Å². The van der Waals surface area contributed by atoms with E-state index < -0.39 is 7.14 Å². The second-order valence-electron chi connectivity index (χ2n) is 9.03. The largest absolute Gasteiger partial charge is 0.346 e. The molecule has 0 fully saturated rings. The van der Waals surface area contributed by atoms with E-state index in [-0.39, 0.29) is 5.41 Å². The highest BCUT2D eigenvalue weighted by molar-refractivity contribution is 7.83. The third-order valence-corrected chi connectivity index (χ3v) is 9.88. The number of para-hydroxylation sites is 1. The van der Waals surface area contributed by atoms with Crippen molar-refractivity contribution in [2.45, 2.75) is 39.2 Å². The molecule has 0 unspecified atom stereocenters. The highest BCUT2D eigenvalue weighted by Crippen LogP contribution is 2.61. The van der Waals surface area contributed by atoms with Crippen molar-refractivity contribution in [3.8, 4) is 6.07 Å². The molecule has 7 heteroatoms. The topological polar surface area (TPSA) is 74.3 Å². The van der Waals surface area contributed by atoms with Crippen molar-refractivity contribution in [3.05, 3.63) is 76.9 Å². The van der Waals surface area contributed by atoms with Gasteiger partial charge in [0.25, 0.3) is 0 Å². The van der Waals surface area contributed by atoms with E-state index in [2.05, 4.69) is 48.1 Å². The minimum atomic E-state index is -3.29. The van der Waals surface area contributed by atoms with E-state index in [1.165, 1.54) is 5.56 Å². The van der Waals surface area contributed by atoms with Gasteiger partial charge in [0.15, 0.2) is 13.0 Å². The van der Waals surface area contributed by atoms with Gasteiger partial charge in [-0.1, -0.05) is 62.4 Å². The quantitative estimate of drug-likeness (QED) is 0.533. The summed E-state index contributed by atoms with van der Waals surface area (Å²) in [6.07, 6.45) is 2.09. The Bertz CT molecular complexity index is 1410. The van der Waals surface area contributed by atoms with Crippen LogP contribution in [0.25, 0.3) is 0 Å². The normalized spacial score (nSPS) is 22.7. The number of rotatable bonds is 3. The van der Waals surface area contributed by atoms with Gasteiger partial charge in [-0.3, -0.25) is 0 Å². The number of likely N-dealkylation sites (N-methyl/N-ethyl adjacent to an activating group) is 1. The molecule has 0 bridgehead atoms. The maximum Gasteiger partial charge on any atom is 0.179 e. The van der Waals surface area contributed by atoms with E-state index in [0.717, 1.165) is 22.0 Å². The molecule has 3 heterocycles. The Hall–Kier alpha value is -3.42. The standard InChI is InChI=1S/C26H26N5OP/c1-18-23-25(31(29-18)16-10-15-27)28-17-22(33(23,32)19-11-6-5-7-12-19)24-26(2,3)20-13-8-9-14-21(20)30(24)4/h5-9,11-14,17H,10,16H2,1-4H3/b24-22+/t33-/m1/s1. The monoisotopic (exact) mass is 455 g/mol. The van der Waals surface area contributed by atoms with Crippen molar-refractivity contribution < 1.29 is 4.57 Å². The van der Waals surface area contributed by atoms with E-state index >= 15 is 4.57 Å². The Labute approximate surface area is 194 Å². The molecule has 2 aliphatic rings. The Kier molecular flexibility index (Phi) is 4.92. The van der Waals surface area contributed by atoms with Crippen LogP contribution in [0.5, 0.6) is 0 Å². The molecule has 2 aliphatic heterocycles. The number of benzene rings is 2. The van der Waals surface area contributed by atoms with Crippen molar-refractivity contribution in [1.82, 2.24) is 9.78 Å². The highest BCUT2D eigenvalue weighted by Gasteiger charge is 2.48. The van der Waals surface area contributed by atoms with Gasteiger partial charge in [-0.2, -0.15) is 10.4 Å². The number of anilines is 1. The SMILES string of the molecule is Cc1nn(CCC#N)c2c1[P@@](=O)(c1ccccc1)/C(=C1/N(C)c3ccccc3C1(C)C)C=N2. The van der Waals surface area contributed by atoms with E-state index in [1.807, 2.05) is 50.4 Å². The number of aromatic nitrogens is 2. The fraction of sp³-hybridized carbons (Fsp3) is 0.269. The Morgan fingerprint density at radius 2 is 1.79 bits per heavy atom. The molecule has 1 atom stereocenters. The molecule has 1 aromatic heterocycles. The smallest absolute Gasteiger partial charge is 0.179 e. The van der Waals surface area contributed by atoms with Crippen LogP contribution in [0, 0.1) is 18.3 Å². The lowest BCUT2D eigenvalue weighted by molar-refractivity contribution is 0.588. The molecule has 2 aromatic carbocycles. The van der Waals surface area contributed by atoms with E-state index in [1.54, 1.807) is 10.9 Å². The molecule has 5 rings (SSSR count). The molecule has 0 spiro atoms. The number of hydrogen-bond donors (Lipinski definition) is 0. The summed E-state index contributed by atoms with van der Waals surface area (Å²) in [6.45, 7) is 6.67. The highest BCUT2D eigenvalue weighted by atomic mass is 31.2. The van der Waals surface area contributed by atoms with Crippen molar-refractivity contribution in [1.29, 1.82) is 5.26 Å². The first kappa shape index (κ1) is 21.4. The summed E-state index contributed by atoms with van der Waals surface area (Å²) in [5.74, 6) is 0.593. The zero-order valence-electron chi connectivity index (χ0n) is 19.3. The first-order valence-electron chi connectivity index (χ1n) is 11.0. The summed E-state index contributed by atoms with van der Waals surface area (Å²) in [6, 6.07) is 20.2. The van der Waals surface area contributed by atoms with Gasteiger partial charge in [0.2, 0.25) is 0 Å². The van der Waals surface area contributed by atoms with Gasteiger partial charge in [0.1, 0.15) is 0 Å². The third kappa shape index (κ3) is 2.96. The molecule has 0 radical (unpaired) electrons. The molecule has 0 saturated heterocycles. The fourth-order valence-corrected chi connectivity index (χ4v) is 8.54. The van der Waals surface area contributed by atoms with Gasteiger partial charge in [-0.15, -0.1) is 0 Å². The van der Waals surface area contributed by atoms with E-state index in [9.17, 15) is 0 Å². The van der Waals surface area contributed by atoms with Crippen molar-refractivity contribution >= 4 is 35.5 Å². The van der Waals surface area contributed by atoms with Gasteiger partial charge >= 0.3 is 0 Å². The van der Waals surface area contributed by atoms with Crippen molar-refractivity contribution in [2.24, 2.45) is 4.99 Å². The average Bonchev–Trinajstić information content (AvgIpc) is 3.25. The number of nitrogens with zero attached hydrogens (tertiary/aromatic N) is 5. The number of aliphatic imine (C=N–C) groups is 1. The van der Waals surface area contributed by atoms with Gasteiger partial charge in [-0.25, -0.2) is 9.67 Å². The van der Waals surface area contributed by atoms with E-state index in [4.69, 9.17) is 10.3 Å². The van der Waals surface area contributed by atoms with Crippen LogP contribution < -0.4 is 15.5 Å². The zero-order valence-corrected chi connectivity index (χ0v) is 20.2.